The lowest BCUT2D eigenvalue weighted by molar-refractivity contribution is -0.142. The molecule has 0 fully saturated rings. The molecule has 22 heavy (non-hydrogen) atoms. The van der Waals surface area contributed by atoms with Crippen molar-refractivity contribution in [2.75, 3.05) is 14.2 Å². The third kappa shape index (κ3) is 2.67. The van der Waals surface area contributed by atoms with E-state index in [2.05, 4.69) is 9.47 Å². The van der Waals surface area contributed by atoms with Gasteiger partial charge in [-0.3, -0.25) is 9.59 Å². The fourth-order valence-electron chi connectivity index (χ4n) is 2.61. The average Bonchev–Trinajstić information content (AvgIpc) is 2.51. The summed E-state index contributed by atoms with van der Waals surface area (Å²) in [6.45, 7) is 0. The first-order valence-corrected chi connectivity index (χ1v) is 6.63. The Hall–Kier alpha value is -2.41. The van der Waals surface area contributed by atoms with Gasteiger partial charge in [0.2, 0.25) is 0 Å². The molecule has 0 amide bonds. The van der Waals surface area contributed by atoms with Crippen LogP contribution in [0.4, 0.5) is 0 Å². The molecule has 2 unspecified atom stereocenters. The Morgan fingerprint density at radius 2 is 1.95 bits per heavy atom. The van der Waals surface area contributed by atoms with Crippen LogP contribution in [-0.4, -0.2) is 42.2 Å². The molecular weight excluding hydrogens is 292 g/mol. The molecule has 1 aromatic carbocycles. The second kappa shape index (κ2) is 6.15. The van der Waals surface area contributed by atoms with Gasteiger partial charge in [0.05, 0.1) is 32.3 Å². The standard InChI is InChI=1S/C15H16O7/c1-21-11(17)6-7-5-10(16)12-8(13(7)18)3-4-9(14(12)19)15(20)22-2/h3-4,7,13,18-19H,5-6H2,1-2H3. The number of rotatable bonds is 3. The number of benzene rings is 1. The summed E-state index contributed by atoms with van der Waals surface area (Å²) < 4.78 is 9.07. The van der Waals surface area contributed by atoms with E-state index in [4.69, 9.17) is 0 Å². The van der Waals surface area contributed by atoms with E-state index in [-0.39, 0.29) is 29.5 Å². The van der Waals surface area contributed by atoms with Crippen molar-refractivity contribution in [2.24, 2.45) is 5.92 Å². The van der Waals surface area contributed by atoms with Crippen molar-refractivity contribution in [1.29, 1.82) is 0 Å². The van der Waals surface area contributed by atoms with Crippen molar-refractivity contribution in [1.82, 2.24) is 0 Å². The zero-order valence-electron chi connectivity index (χ0n) is 12.2. The molecule has 7 heteroatoms. The van der Waals surface area contributed by atoms with Crippen LogP contribution >= 0.6 is 0 Å². The first kappa shape index (κ1) is 16.0. The third-order valence-electron chi connectivity index (χ3n) is 3.76. The molecule has 0 bridgehead atoms. The number of carbonyl (C=O) groups is 3. The summed E-state index contributed by atoms with van der Waals surface area (Å²) in [6.07, 6.45) is -1.34. The second-order valence-electron chi connectivity index (χ2n) is 5.03. The van der Waals surface area contributed by atoms with E-state index in [1.807, 2.05) is 0 Å². The van der Waals surface area contributed by atoms with Gasteiger partial charge in [-0.1, -0.05) is 6.07 Å². The highest BCUT2D eigenvalue weighted by Gasteiger charge is 2.37. The topological polar surface area (TPSA) is 110 Å². The van der Waals surface area contributed by atoms with Crippen LogP contribution in [0.1, 0.15) is 45.2 Å². The second-order valence-corrected chi connectivity index (χ2v) is 5.03. The first-order chi connectivity index (χ1) is 10.4. The number of methoxy groups -OCH3 is 2. The highest BCUT2D eigenvalue weighted by atomic mass is 16.5. The summed E-state index contributed by atoms with van der Waals surface area (Å²) >= 11 is 0. The Labute approximate surface area is 126 Å². The van der Waals surface area contributed by atoms with Crippen LogP contribution in [-0.2, 0) is 14.3 Å². The lowest BCUT2D eigenvalue weighted by Gasteiger charge is -2.29. The third-order valence-corrected chi connectivity index (χ3v) is 3.76. The van der Waals surface area contributed by atoms with Gasteiger partial charge in [0, 0.05) is 12.3 Å². The zero-order chi connectivity index (χ0) is 16.4. The molecule has 1 aliphatic rings. The Balaban J connectivity index is 2.43. The van der Waals surface area contributed by atoms with Crippen molar-refractivity contribution in [2.45, 2.75) is 18.9 Å². The number of carbonyl (C=O) groups excluding carboxylic acids is 3. The minimum absolute atomic E-state index is 0.100. The summed E-state index contributed by atoms with van der Waals surface area (Å²) in [5.41, 5.74) is -0.0555. The number of aromatic hydroxyl groups is 1. The van der Waals surface area contributed by atoms with Gasteiger partial charge in [-0.05, 0) is 11.6 Å². The number of phenolic OH excluding ortho intramolecular Hbond substituents is 1. The van der Waals surface area contributed by atoms with E-state index in [1.165, 1.54) is 19.2 Å². The normalized spacial score (nSPS) is 20.2. The molecule has 118 valence electrons. The van der Waals surface area contributed by atoms with Gasteiger partial charge in [-0.25, -0.2) is 4.79 Å². The van der Waals surface area contributed by atoms with E-state index in [0.29, 0.717) is 0 Å². The molecule has 7 nitrogen and oxygen atoms in total. The molecule has 0 aromatic heterocycles. The summed E-state index contributed by atoms with van der Waals surface area (Å²) in [5, 5.41) is 20.4. The molecular formula is C15H16O7. The van der Waals surface area contributed by atoms with Crippen molar-refractivity contribution in [3.05, 3.63) is 28.8 Å². The molecule has 2 N–H and O–H groups in total. The minimum atomic E-state index is -1.11. The van der Waals surface area contributed by atoms with Gasteiger partial charge in [-0.15, -0.1) is 0 Å². The van der Waals surface area contributed by atoms with Gasteiger partial charge in [-0.2, -0.15) is 0 Å². The molecule has 2 atom stereocenters. The Morgan fingerprint density at radius 3 is 2.55 bits per heavy atom. The van der Waals surface area contributed by atoms with Crippen LogP contribution < -0.4 is 0 Å². The smallest absolute Gasteiger partial charge is 0.341 e. The van der Waals surface area contributed by atoms with Crippen LogP contribution in [0.25, 0.3) is 0 Å². The maximum absolute atomic E-state index is 12.2. The van der Waals surface area contributed by atoms with E-state index in [0.717, 1.165) is 7.11 Å². The Morgan fingerprint density at radius 1 is 1.27 bits per heavy atom. The SMILES string of the molecule is COC(=O)CC1CC(=O)c2c(ccc(C(=O)OC)c2O)C1O. The fourth-order valence-corrected chi connectivity index (χ4v) is 2.61. The first-order valence-electron chi connectivity index (χ1n) is 6.63. The number of ether oxygens (including phenoxy) is 2. The van der Waals surface area contributed by atoms with Gasteiger partial charge in [0.15, 0.2) is 5.78 Å². The predicted octanol–water partition coefficient (Wildman–Crippen LogP) is 0.978. The van der Waals surface area contributed by atoms with Crippen molar-refractivity contribution >= 4 is 17.7 Å². The quantitative estimate of drug-likeness (QED) is 0.801. The summed E-state index contributed by atoms with van der Waals surface area (Å²) in [4.78, 5) is 35.1. The van der Waals surface area contributed by atoms with Crippen LogP contribution in [0.3, 0.4) is 0 Å². The van der Waals surface area contributed by atoms with Gasteiger partial charge in [0.1, 0.15) is 11.3 Å². The highest BCUT2D eigenvalue weighted by molar-refractivity contribution is 6.05. The molecule has 0 heterocycles. The number of esters is 2. The number of aliphatic hydroxyl groups is 1. The fraction of sp³-hybridized carbons (Fsp3) is 0.400. The van der Waals surface area contributed by atoms with Gasteiger partial charge < -0.3 is 19.7 Å². The van der Waals surface area contributed by atoms with Crippen LogP contribution in [0.15, 0.2) is 12.1 Å². The molecule has 1 aromatic rings. The number of Topliss-reactive ketones (excluding diaryl/α,β-unsaturated/α-hetero) is 1. The number of fused-ring (bicyclic) bond motifs is 1. The van der Waals surface area contributed by atoms with Crippen molar-refractivity contribution in [3.8, 4) is 5.75 Å². The molecule has 1 aliphatic carbocycles. The number of aliphatic hydroxyl groups excluding tert-OH is 1. The lowest BCUT2D eigenvalue weighted by Crippen LogP contribution is -2.28. The van der Waals surface area contributed by atoms with Gasteiger partial charge in [0.25, 0.3) is 0 Å². The molecule has 0 aliphatic heterocycles. The van der Waals surface area contributed by atoms with Gasteiger partial charge >= 0.3 is 11.9 Å². The average molecular weight is 308 g/mol. The van der Waals surface area contributed by atoms with Crippen LogP contribution in [0.5, 0.6) is 5.75 Å². The largest absolute Gasteiger partial charge is 0.506 e. The van der Waals surface area contributed by atoms with E-state index >= 15 is 0 Å². The summed E-state index contributed by atoms with van der Waals surface area (Å²) in [6, 6.07) is 2.66. The number of hydrogen-bond acceptors (Lipinski definition) is 7. The van der Waals surface area contributed by atoms with E-state index < -0.39 is 35.5 Å². The zero-order valence-corrected chi connectivity index (χ0v) is 12.2. The van der Waals surface area contributed by atoms with Crippen molar-refractivity contribution < 1.29 is 34.1 Å². The maximum atomic E-state index is 12.2. The monoisotopic (exact) mass is 308 g/mol. The molecule has 0 spiro atoms. The highest BCUT2D eigenvalue weighted by Crippen LogP contribution is 2.41. The van der Waals surface area contributed by atoms with Crippen LogP contribution in [0, 0.1) is 5.92 Å². The molecule has 0 saturated carbocycles. The van der Waals surface area contributed by atoms with E-state index in [1.54, 1.807) is 0 Å². The Kier molecular flexibility index (Phi) is 4.46. The number of phenols is 1. The Bertz CT molecular complexity index is 635. The van der Waals surface area contributed by atoms with E-state index in [9.17, 15) is 24.6 Å². The number of ketones is 1. The summed E-state index contributed by atoms with van der Waals surface area (Å²) in [5.74, 6) is -2.90. The molecule has 0 radical (unpaired) electrons. The minimum Gasteiger partial charge on any atom is -0.506 e. The van der Waals surface area contributed by atoms with Crippen molar-refractivity contribution in [3.63, 3.8) is 0 Å². The maximum Gasteiger partial charge on any atom is 0.341 e. The molecule has 2 rings (SSSR count). The molecule has 0 saturated heterocycles. The lowest BCUT2D eigenvalue weighted by atomic mass is 9.78. The predicted molar refractivity (Wildman–Crippen MR) is 73.5 cm³/mol. The van der Waals surface area contributed by atoms with Crippen LogP contribution in [0.2, 0.25) is 0 Å². The number of hydrogen-bond donors (Lipinski definition) is 2. The summed E-state index contributed by atoms with van der Waals surface area (Å²) in [7, 11) is 2.38.